The van der Waals surface area contributed by atoms with Crippen LogP contribution in [-0.4, -0.2) is 11.4 Å². The van der Waals surface area contributed by atoms with Crippen LogP contribution in [0.3, 0.4) is 0 Å². The van der Waals surface area contributed by atoms with E-state index in [2.05, 4.69) is 21.2 Å². The van der Waals surface area contributed by atoms with Crippen molar-refractivity contribution in [1.29, 1.82) is 0 Å². The van der Waals surface area contributed by atoms with Crippen molar-refractivity contribution in [2.24, 2.45) is 5.73 Å². The molecule has 0 bridgehead atoms. The van der Waals surface area contributed by atoms with E-state index in [0.717, 1.165) is 25.7 Å². The second kappa shape index (κ2) is 6.01. The molecule has 0 heterocycles. The molecule has 0 atom stereocenters. The molecule has 1 aromatic rings. The van der Waals surface area contributed by atoms with Crippen LogP contribution in [0.2, 0.25) is 0 Å². The normalized spacial score (nSPS) is 18.1. The number of benzene rings is 1. The van der Waals surface area contributed by atoms with Gasteiger partial charge in [0.1, 0.15) is 5.82 Å². The van der Waals surface area contributed by atoms with Gasteiger partial charge in [0.25, 0.3) is 0 Å². The first-order valence-corrected chi connectivity index (χ1v) is 7.32. The molecule has 2 rings (SSSR count). The third kappa shape index (κ3) is 3.76. The second-order valence-corrected chi connectivity index (χ2v) is 6.10. The van der Waals surface area contributed by atoms with E-state index in [0.29, 0.717) is 4.47 Å². The molecule has 0 spiro atoms. The van der Waals surface area contributed by atoms with E-state index in [-0.39, 0.29) is 18.0 Å². The average Bonchev–Trinajstić information content (AvgIpc) is 2.34. The molecule has 1 aliphatic carbocycles. The molecule has 104 valence electrons. The maximum Gasteiger partial charge on any atom is 0.226 e. The number of rotatable bonds is 3. The van der Waals surface area contributed by atoms with Crippen molar-refractivity contribution in [3.63, 3.8) is 0 Å². The van der Waals surface area contributed by atoms with Gasteiger partial charge in [-0.3, -0.25) is 4.79 Å². The predicted molar refractivity (Wildman–Crippen MR) is 77.4 cm³/mol. The quantitative estimate of drug-likeness (QED) is 0.891. The Balaban J connectivity index is 2.01. The minimum atomic E-state index is -0.447. The van der Waals surface area contributed by atoms with Gasteiger partial charge in [-0.05, 0) is 40.9 Å². The van der Waals surface area contributed by atoms with Gasteiger partial charge in [0.2, 0.25) is 5.91 Å². The van der Waals surface area contributed by atoms with Crippen molar-refractivity contribution in [1.82, 2.24) is 0 Å². The van der Waals surface area contributed by atoms with Gasteiger partial charge < -0.3 is 11.1 Å². The highest BCUT2D eigenvalue weighted by atomic mass is 79.9. The minimum Gasteiger partial charge on any atom is -0.325 e. The molecule has 1 aromatic carbocycles. The van der Waals surface area contributed by atoms with Crippen LogP contribution in [0, 0.1) is 5.82 Å². The Morgan fingerprint density at radius 1 is 1.37 bits per heavy atom. The van der Waals surface area contributed by atoms with Crippen LogP contribution >= 0.6 is 15.9 Å². The first kappa shape index (κ1) is 14.5. The molecule has 1 aliphatic rings. The zero-order chi connectivity index (χ0) is 13.9. The summed E-state index contributed by atoms with van der Waals surface area (Å²) in [4.78, 5) is 12.0. The summed E-state index contributed by atoms with van der Waals surface area (Å²) in [6.07, 6.45) is 5.27. The Bertz CT molecular complexity index is 452. The Labute approximate surface area is 120 Å². The number of hydrogen-bond donors (Lipinski definition) is 2. The lowest BCUT2D eigenvalue weighted by molar-refractivity contribution is -0.117. The molecule has 0 aliphatic heterocycles. The highest BCUT2D eigenvalue weighted by Gasteiger charge is 2.30. The Hall–Kier alpha value is -0.940. The number of para-hydroxylation sites is 1. The molecule has 0 aromatic heterocycles. The van der Waals surface area contributed by atoms with Gasteiger partial charge in [0.15, 0.2) is 0 Å². The lowest BCUT2D eigenvalue weighted by atomic mass is 9.80. The van der Waals surface area contributed by atoms with Crippen LogP contribution in [0.5, 0.6) is 0 Å². The lowest BCUT2D eigenvalue weighted by Crippen LogP contribution is -2.44. The summed E-state index contributed by atoms with van der Waals surface area (Å²) in [6.45, 7) is 0. The van der Waals surface area contributed by atoms with E-state index in [4.69, 9.17) is 5.73 Å². The molecule has 19 heavy (non-hydrogen) atoms. The van der Waals surface area contributed by atoms with Crippen LogP contribution in [0.4, 0.5) is 10.1 Å². The molecule has 3 nitrogen and oxygen atoms in total. The van der Waals surface area contributed by atoms with Gasteiger partial charge in [-0.1, -0.05) is 25.3 Å². The van der Waals surface area contributed by atoms with Crippen molar-refractivity contribution in [2.45, 2.75) is 44.1 Å². The van der Waals surface area contributed by atoms with E-state index in [9.17, 15) is 9.18 Å². The summed E-state index contributed by atoms with van der Waals surface area (Å²) < 4.78 is 14.1. The standard InChI is InChI=1S/C14H18BrFN2O/c15-10-5-4-6-11(16)13(10)18-12(19)9-14(17)7-2-1-3-8-14/h4-6H,1-3,7-9,17H2,(H,18,19). The SMILES string of the molecule is NC1(CC(=O)Nc2c(F)cccc2Br)CCCCC1. The van der Waals surface area contributed by atoms with Crippen molar-refractivity contribution in [2.75, 3.05) is 5.32 Å². The highest BCUT2D eigenvalue weighted by Crippen LogP contribution is 2.30. The van der Waals surface area contributed by atoms with Crippen LogP contribution in [0.25, 0.3) is 0 Å². The number of anilines is 1. The van der Waals surface area contributed by atoms with Gasteiger partial charge in [-0.2, -0.15) is 0 Å². The zero-order valence-electron chi connectivity index (χ0n) is 10.7. The van der Waals surface area contributed by atoms with Crippen molar-refractivity contribution < 1.29 is 9.18 Å². The third-order valence-corrected chi connectivity index (χ3v) is 4.25. The molecule has 3 N–H and O–H groups in total. The summed E-state index contributed by atoms with van der Waals surface area (Å²) in [7, 11) is 0. The largest absolute Gasteiger partial charge is 0.325 e. The maximum atomic E-state index is 13.6. The number of nitrogens with one attached hydrogen (secondary N) is 1. The van der Waals surface area contributed by atoms with Gasteiger partial charge in [0.05, 0.1) is 5.69 Å². The average molecular weight is 329 g/mol. The first-order valence-electron chi connectivity index (χ1n) is 6.53. The van der Waals surface area contributed by atoms with Gasteiger partial charge in [0, 0.05) is 16.4 Å². The predicted octanol–water partition coefficient (Wildman–Crippen LogP) is 3.58. The molecular weight excluding hydrogens is 311 g/mol. The smallest absolute Gasteiger partial charge is 0.226 e. The molecule has 1 saturated carbocycles. The Morgan fingerprint density at radius 3 is 2.68 bits per heavy atom. The van der Waals surface area contributed by atoms with E-state index < -0.39 is 11.4 Å². The molecule has 1 fully saturated rings. The topological polar surface area (TPSA) is 55.1 Å². The fourth-order valence-corrected chi connectivity index (χ4v) is 2.99. The fourth-order valence-electron chi connectivity index (χ4n) is 2.55. The number of halogens is 2. The van der Waals surface area contributed by atoms with Gasteiger partial charge >= 0.3 is 0 Å². The van der Waals surface area contributed by atoms with E-state index in [1.54, 1.807) is 12.1 Å². The van der Waals surface area contributed by atoms with Crippen LogP contribution < -0.4 is 11.1 Å². The molecule has 5 heteroatoms. The summed E-state index contributed by atoms with van der Waals surface area (Å²) in [6, 6.07) is 4.59. The second-order valence-electron chi connectivity index (χ2n) is 5.24. The van der Waals surface area contributed by atoms with Gasteiger partial charge in [-0.15, -0.1) is 0 Å². The van der Waals surface area contributed by atoms with E-state index >= 15 is 0 Å². The number of amides is 1. The maximum absolute atomic E-state index is 13.6. The fraction of sp³-hybridized carbons (Fsp3) is 0.500. The number of hydrogen-bond acceptors (Lipinski definition) is 2. The van der Waals surface area contributed by atoms with E-state index in [1.165, 1.54) is 12.5 Å². The van der Waals surface area contributed by atoms with Crippen LogP contribution in [0.15, 0.2) is 22.7 Å². The monoisotopic (exact) mass is 328 g/mol. The molecule has 0 saturated heterocycles. The molecule has 0 radical (unpaired) electrons. The summed E-state index contributed by atoms with van der Waals surface area (Å²) in [5.74, 6) is -0.673. The number of carbonyl (C=O) groups excluding carboxylic acids is 1. The summed E-state index contributed by atoms with van der Waals surface area (Å²) in [5.41, 5.74) is 5.98. The van der Waals surface area contributed by atoms with Crippen molar-refractivity contribution in [3.05, 3.63) is 28.5 Å². The summed E-state index contributed by atoms with van der Waals surface area (Å²) >= 11 is 3.23. The Morgan fingerprint density at radius 2 is 2.05 bits per heavy atom. The number of carbonyl (C=O) groups is 1. The van der Waals surface area contributed by atoms with Crippen LogP contribution in [0.1, 0.15) is 38.5 Å². The molecular formula is C14H18BrFN2O. The summed E-state index contributed by atoms with van der Waals surface area (Å²) in [5, 5.41) is 2.61. The van der Waals surface area contributed by atoms with Crippen molar-refractivity contribution in [3.8, 4) is 0 Å². The third-order valence-electron chi connectivity index (χ3n) is 3.59. The minimum absolute atomic E-state index is 0.187. The first-order chi connectivity index (χ1) is 9.00. The Kier molecular flexibility index (Phi) is 4.58. The zero-order valence-corrected chi connectivity index (χ0v) is 12.3. The number of nitrogens with two attached hydrogens (primary N) is 1. The van der Waals surface area contributed by atoms with Crippen molar-refractivity contribution >= 4 is 27.5 Å². The van der Waals surface area contributed by atoms with E-state index in [1.807, 2.05) is 0 Å². The van der Waals surface area contributed by atoms with Gasteiger partial charge in [-0.25, -0.2) is 4.39 Å². The van der Waals surface area contributed by atoms with Crippen LogP contribution in [-0.2, 0) is 4.79 Å². The molecule has 1 amide bonds. The lowest BCUT2D eigenvalue weighted by Gasteiger charge is -2.32. The molecule has 0 unspecified atom stereocenters. The highest BCUT2D eigenvalue weighted by molar-refractivity contribution is 9.10.